The highest BCUT2D eigenvalue weighted by atomic mass is 79.9. The lowest BCUT2D eigenvalue weighted by atomic mass is 10.1. The van der Waals surface area contributed by atoms with Gasteiger partial charge < -0.3 is 9.84 Å². The Bertz CT molecular complexity index is 669. The molecule has 0 fully saturated rings. The molecule has 0 spiro atoms. The van der Waals surface area contributed by atoms with Gasteiger partial charge in [-0.25, -0.2) is 4.79 Å². The van der Waals surface area contributed by atoms with Gasteiger partial charge in [0.2, 0.25) is 5.75 Å². The zero-order valence-electron chi connectivity index (χ0n) is 10.7. The summed E-state index contributed by atoms with van der Waals surface area (Å²) in [5.74, 6) is -1.52. The maximum atomic E-state index is 11.2. The van der Waals surface area contributed by atoms with Gasteiger partial charge in [-0.05, 0) is 12.1 Å². The standard InChI is InChI=1S/C14H10BrNO5/c15-11-6-2-1-4-9(11)8-21-13-10(14(17)18)5-3-7-12(13)16(19)20/h1-7H,8H2,(H,17,18). The number of ether oxygens (including phenoxy) is 1. The van der Waals surface area contributed by atoms with Crippen LogP contribution in [-0.2, 0) is 6.61 Å². The third-order valence-corrected chi connectivity index (χ3v) is 3.52. The fourth-order valence-electron chi connectivity index (χ4n) is 1.75. The number of nitro groups is 1. The average Bonchev–Trinajstić information content (AvgIpc) is 2.45. The number of nitro benzene ring substituents is 1. The first-order valence-corrected chi connectivity index (χ1v) is 6.67. The second-order valence-corrected chi connectivity index (χ2v) is 4.95. The van der Waals surface area contributed by atoms with Gasteiger partial charge in [0.1, 0.15) is 12.2 Å². The summed E-state index contributed by atoms with van der Waals surface area (Å²) in [6.45, 7) is 0.0204. The summed E-state index contributed by atoms with van der Waals surface area (Å²) in [4.78, 5) is 21.5. The molecule has 0 radical (unpaired) electrons. The lowest BCUT2D eigenvalue weighted by Crippen LogP contribution is -2.06. The van der Waals surface area contributed by atoms with Gasteiger partial charge in [-0.1, -0.05) is 40.2 Å². The Kier molecular flexibility index (Phi) is 4.54. The first-order valence-electron chi connectivity index (χ1n) is 5.87. The molecule has 0 heterocycles. The molecule has 0 amide bonds. The van der Waals surface area contributed by atoms with E-state index in [4.69, 9.17) is 9.84 Å². The number of benzene rings is 2. The molecule has 108 valence electrons. The van der Waals surface area contributed by atoms with Gasteiger partial charge in [-0.2, -0.15) is 0 Å². The third kappa shape index (κ3) is 3.38. The highest BCUT2D eigenvalue weighted by Gasteiger charge is 2.23. The molecule has 0 saturated carbocycles. The Balaban J connectivity index is 2.36. The number of hydrogen-bond donors (Lipinski definition) is 1. The molecule has 21 heavy (non-hydrogen) atoms. The van der Waals surface area contributed by atoms with Crippen LogP contribution in [0.4, 0.5) is 5.69 Å². The topological polar surface area (TPSA) is 89.7 Å². The summed E-state index contributed by atoms with van der Waals surface area (Å²) < 4.78 is 6.18. The average molecular weight is 352 g/mol. The highest BCUT2D eigenvalue weighted by molar-refractivity contribution is 9.10. The van der Waals surface area contributed by atoms with Crippen molar-refractivity contribution in [2.45, 2.75) is 6.61 Å². The molecule has 0 atom stereocenters. The van der Waals surface area contributed by atoms with Crippen molar-refractivity contribution < 1.29 is 19.6 Å². The van der Waals surface area contributed by atoms with Gasteiger partial charge in [0, 0.05) is 16.1 Å². The van der Waals surface area contributed by atoms with Crippen molar-refractivity contribution in [3.05, 3.63) is 68.2 Å². The molecule has 1 N–H and O–H groups in total. The SMILES string of the molecule is O=C(O)c1cccc([N+](=O)[O-])c1OCc1ccccc1Br. The van der Waals surface area contributed by atoms with Crippen molar-refractivity contribution in [3.8, 4) is 5.75 Å². The van der Waals surface area contributed by atoms with Gasteiger partial charge in [-0.3, -0.25) is 10.1 Å². The van der Waals surface area contributed by atoms with Crippen molar-refractivity contribution in [3.63, 3.8) is 0 Å². The smallest absolute Gasteiger partial charge is 0.339 e. The molecular weight excluding hydrogens is 342 g/mol. The molecule has 6 nitrogen and oxygen atoms in total. The number of halogens is 1. The molecule has 2 aromatic carbocycles. The maximum Gasteiger partial charge on any atom is 0.339 e. The van der Waals surface area contributed by atoms with E-state index < -0.39 is 10.9 Å². The fourth-order valence-corrected chi connectivity index (χ4v) is 2.15. The number of para-hydroxylation sites is 1. The Labute approximate surface area is 128 Å². The number of nitrogens with zero attached hydrogens (tertiary/aromatic N) is 1. The molecule has 2 aromatic rings. The van der Waals surface area contributed by atoms with Gasteiger partial charge in [0.05, 0.1) is 4.92 Å². The van der Waals surface area contributed by atoms with E-state index in [1.54, 1.807) is 18.2 Å². The second kappa shape index (κ2) is 6.36. The summed E-state index contributed by atoms with van der Waals surface area (Å²) in [5, 5.41) is 20.1. The van der Waals surface area contributed by atoms with Crippen LogP contribution in [0.2, 0.25) is 0 Å². The number of hydrogen-bond acceptors (Lipinski definition) is 4. The molecule has 0 aliphatic carbocycles. The van der Waals surface area contributed by atoms with Crippen LogP contribution in [0.15, 0.2) is 46.9 Å². The Morgan fingerprint density at radius 1 is 1.24 bits per heavy atom. The first kappa shape index (κ1) is 15.0. The largest absolute Gasteiger partial charge is 0.481 e. The van der Waals surface area contributed by atoms with E-state index in [9.17, 15) is 14.9 Å². The zero-order valence-corrected chi connectivity index (χ0v) is 12.2. The number of carboxylic acids is 1. The van der Waals surface area contributed by atoms with E-state index in [2.05, 4.69) is 15.9 Å². The summed E-state index contributed by atoms with van der Waals surface area (Å²) in [6.07, 6.45) is 0. The minimum Gasteiger partial charge on any atom is -0.481 e. The minimum absolute atomic E-state index is 0.0204. The molecule has 0 aliphatic rings. The second-order valence-electron chi connectivity index (χ2n) is 4.10. The number of aromatic carboxylic acids is 1. The van der Waals surface area contributed by atoms with Crippen LogP contribution >= 0.6 is 15.9 Å². The highest BCUT2D eigenvalue weighted by Crippen LogP contribution is 2.32. The van der Waals surface area contributed by atoms with E-state index in [0.717, 1.165) is 10.0 Å². The van der Waals surface area contributed by atoms with E-state index in [1.807, 2.05) is 6.07 Å². The lowest BCUT2D eigenvalue weighted by molar-refractivity contribution is -0.386. The monoisotopic (exact) mass is 351 g/mol. The number of carboxylic acid groups (broad SMARTS) is 1. The van der Waals surface area contributed by atoms with Gasteiger partial charge in [0.15, 0.2) is 0 Å². The van der Waals surface area contributed by atoms with Crippen molar-refractivity contribution in [1.29, 1.82) is 0 Å². The predicted molar refractivity (Wildman–Crippen MR) is 78.5 cm³/mol. The first-order chi connectivity index (χ1) is 10.0. The minimum atomic E-state index is -1.28. The molecule has 7 heteroatoms. The number of rotatable bonds is 5. The van der Waals surface area contributed by atoms with Gasteiger partial charge in [-0.15, -0.1) is 0 Å². The summed E-state index contributed by atoms with van der Waals surface area (Å²) in [7, 11) is 0. The van der Waals surface area contributed by atoms with Crippen LogP contribution < -0.4 is 4.74 Å². The predicted octanol–water partition coefficient (Wildman–Crippen LogP) is 3.63. The maximum absolute atomic E-state index is 11.2. The van der Waals surface area contributed by atoms with Crippen molar-refractivity contribution in [2.24, 2.45) is 0 Å². The normalized spacial score (nSPS) is 10.1. The van der Waals surface area contributed by atoms with Crippen LogP contribution in [0.5, 0.6) is 5.75 Å². The zero-order chi connectivity index (χ0) is 15.4. The third-order valence-electron chi connectivity index (χ3n) is 2.75. The molecular formula is C14H10BrNO5. The fraction of sp³-hybridized carbons (Fsp3) is 0.0714. The molecule has 0 aliphatic heterocycles. The summed E-state index contributed by atoms with van der Waals surface area (Å²) in [6, 6.07) is 11.0. The summed E-state index contributed by atoms with van der Waals surface area (Å²) >= 11 is 3.33. The molecule has 0 aromatic heterocycles. The number of carbonyl (C=O) groups is 1. The lowest BCUT2D eigenvalue weighted by Gasteiger charge is -2.10. The Hall–Kier alpha value is -2.41. The van der Waals surface area contributed by atoms with Crippen molar-refractivity contribution >= 4 is 27.6 Å². The summed E-state index contributed by atoms with van der Waals surface area (Å²) in [5.41, 5.74) is 0.144. The van der Waals surface area contributed by atoms with Crippen molar-refractivity contribution in [2.75, 3.05) is 0 Å². The van der Waals surface area contributed by atoms with E-state index in [1.165, 1.54) is 18.2 Å². The Morgan fingerprint density at radius 2 is 1.95 bits per heavy atom. The van der Waals surface area contributed by atoms with E-state index in [0.29, 0.717) is 0 Å². The molecule has 0 saturated heterocycles. The van der Waals surface area contributed by atoms with Gasteiger partial charge in [0.25, 0.3) is 0 Å². The van der Waals surface area contributed by atoms with Crippen LogP contribution in [0.25, 0.3) is 0 Å². The van der Waals surface area contributed by atoms with Crippen molar-refractivity contribution in [1.82, 2.24) is 0 Å². The van der Waals surface area contributed by atoms with E-state index >= 15 is 0 Å². The van der Waals surface area contributed by atoms with E-state index in [-0.39, 0.29) is 23.6 Å². The molecule has 0 unspecified atom stereocenters. The van der Waals surface area contributed by atoms with Crippen LogP contribution in [0, 0.1) is 10.1 Å². The molecule has 0 bridgehead atoms. The van der Waals surface area contributed by atoms with Gasteiger partial charge >= 0.3 is 11.7 Å². The van der Waals surface area contributed by atoms with Crippen LogP contribution in [0.1, 0.15) is 15.9 Å². The Morgan fingerprint density at radius 3 is 2.57 bits per heavy atom. The quantitative estimate of drug-likeness (QED) is 0.656. The van der Waals surface area contributed by atoms with Crippen LogP contribution in [0.3, 0.4) is 0 Å². The van der Waals surface area contributed by atoms with Crippen LogP contribution in [-0.4, -0.2) is 16.0 Å². The molecule has 2 rings (SSSR count).